The minimum Gasteiger partial charge on any atom is -0.482 e. The summed E-state index contributed by atoms with van der Waals surface area (Å²) in [5.74, 6) is 0.0126. The Bertz CT molecular complexity index is 820. The molecule has 0 unspecified atom stereocenters. The number of nitrogens with one attached hydrogen (secondary N) is 1. The van der Waals surface area contributed by atoms with Crippen molar-refractivity contribution in [1.82, 2.24) is 9.97 Å². The largest absolute Gasteiger partial charge is 0.482 e. The number of hydrogen-bond donors (Lipinski definition) is 2. The number of aliphatic hydroxyl groups is 1. The Morgan fingerprint density at radius 1 is 1.32 bits per heavy atom. The Kier molecular flexibility index (Phi) is 6.00. The second kappa shape index (κ2) is 8.13. The summed E-state index contributed by atoms with van der Waals surface area (Å²) < 4.78 is 42.7. The van der Waals surface area contributed by atoms with Crippen molar-refractivity contribution in [3.05, 3.63) is 35.7 Å². The lowest BCUT2D eigenvalue weighted by molar-refractivity contribution is -0.153. The van der Waals surface area contributed by atoms with Gasteiger partial charge in [0.2, 0.25) is 0 Å². The SMILES string of the molecule is CC1(O)CCC(Nc2cc(Cl)ncc2-c2ncccc2OCC(F)(F)F)CC1. The van der Waals surface area contributed by atoms with Gasteiger partial charge in [-0.3, -0.25) is 4.98 Å². The first kappa shape index (κ1) is 20.7. The Balaban J connectivity index is 1.87. The van der Waals surface area contributed by atoms with Crippen LogP contribution in [0.25, 0.3) is 11.3 Å². The van der Waals surface area contributed by atoms with Crippen molar-refractivity contribution in [2.24, 2.45) is 0 Å². The number of anilines is 1. The van der Waals surface area contributed by atoms with E-state index >= 15 is 0 Å². The molecule has 0 atom stereocenters. The normalized spacial score (nSPS) is 22.7. The van der Waals surface area contributed by atoms with E-state index in [2.05, 4.69) is 15.3 Å². The summed E-state index contributed by atoms with van der Waals surface area (Å²) in [5.41, 5.74) is 0.694. The van der Waals surface area contributed by atoms with E-state index in [4.69, 9.17) is 16.3 Å². The maximum Gasteiger partial charge on any atom is 0.422 e. The second-order valence-corrected chi connectivity index (χ2v) is 7.61. The molecule has 1 aliphatic carbocycles. The standard InChI is InChI=1S/C19H21ClF3N3O2/c1-18(27)6-4-12(5-7-18)26-14-9-16(20)25-10-13(14)17-15(3-2-8-24-17)28-11-19(21,22)23/h2-3,8-10,12,27H,4-7,11H2,1H3,(H,25,26). The fraction of sp³-hybridized carbons (Fsp3) is 0.474. The van der Waals surface area contributed by atoms with Gasteiger partial charge in [0, 0.05) is 29.7 Å². The molecule has 2 N–H and O–H groups in total. The lowest BCUT2D eigenvalue weighted by atomic mass is 9.83. The average molecular weight is 416 g/mol. The minimum absolute atomic E-state index is 0.0126. The molecule has 1 aliphatic rings. The monoisotopic (exact) mass is 415 g/mol. The van der Waals surface area contributed by atoms with E-state index in [9.17, 15) is 18.3 Å². The third-order valence-electron chi connectivity index (χ3n) is 4.71. The number of nitrogens with zero attached hydrogens (tertiary/aromatic N) is 2. The summed E-state index contributed by atoms with van der Waals surface area (Å²) in [7, 11) is 0. The predicted molar refractivity (Wildman–Crippen MR) is 101 cm³/mol. The van der Waals surface area contributed by atoms with E-state index < -0.39 is 18.4 Å². The van der Waals surface area contributed by atoms with Crippen molar-refractivity contribution in [3.63, 3.8) is 0 Å². The van der Waals surface area contributed by atoms with E-state index in [1.807, 2.05) is 6.92 Å². The molecule has 0 amide bonds. The highest BCUT2D eigenvalue weighted by Crippen LogP contribution is 2.37. The van der Waals surface area contributed by atoms with Crippen LogP contribution in [0.4, 0.5) is 18.9 Å². The summed E-state index contributed by atoms with van der Waals surface area (Å²) in [6.45, 7) is 0.406. The fourth-order valence-electron chi connectivity index (χ4n) is 3.21. The molecule has 1 saturated carbocycles. The summed E-state index contributed by atoms with van der Waals surface area (Å²) in [6, 6.07) is 4.66. The van der Waals surface area contributed by atoms with Crippen molar-refractivity contribution in [2.75, 3.05) is 11.9 Å². The van der Waals surface area contributed by atoms with E-state index in [0.29, 0.717) is 24.1 Å². The van der Waals surface area contributed by atoms with Gasteiger partial charge in [-0.1, -0.05) is 11.6 Å². The highest BCUT2D eigenvalue weighted by atomic mass is 35.5. The van der Waals surface area contributed by atoms with Gasteiger partial charge >= 0.3 is 6.18 Å². The lowest BCUT2D eigenvalue weighted by Gasteiger charge is -2.34. The van der Waals surface area contributed by atoms with Gasteiger partial charge in [-0.05, 0) is 50.8 Å². The van der Waals surface area contributed by atoms with E-state index in [1.54, 1.807) is 6.07 Å². The molecule has 0 saturated heterocycles. The molecule has 0 aromatic carbocycles. The molecule has 28 heavy (non-hydrogen) atoms. The van der Waals surface area contributed by atoms with Crippen LogP contribution in [0, 0.1) is 0 Å². The quantitative estimate of drug-likeness (QED) is 0.684. The van der Waals surface area contributed by atoms with Crippen LogP contribution in [0.1, 0.15) is 32.6 Å². The van der Waals surface area contributed by atoms with E-state index in [0.717, 1.165) is 12.8 Å². The number of alkyl halides is 3. The van der Waals surface area contributed by atoms with Crippen molar-refractivity contribution >= 4 is 17.3 Å². The van der Waals surface area contributed by atoms with Gasteiger partial charge in [0.25, 0.3) is 0 Å². The Labute approximate surface area is 165 Å². The average Bonchev–Trinajstić information content (AvgIpc) is 2.62. The summed E-state index contributed by atoms with van der Waals surface area (Å²) in [6.07, 6.45) is 1.31. The maximum atomic E-state index is 12.6. The molecule has 2 heterocycles. The number of ether oxygens (including phenoxy) is 1. The molecular weight excluding hydrogens is 395 g/mol. The maximum absolute atomic E-state index is 12.6. The van der Waals surface area contributed by atoms with Gasteiger partial charge in [-0.25, -0.2) is 4.98 Å². The zero-order valence-corrected chi connectivity index (χ0v) is 16.0. The first-order valence-corrected chi connectivity index (χ1v) is 9.30. The van der Waals surface area contributed by atoms with Crippen molar-refractivity contribution < 1.29 is 23.0 Å². The van der Waals surface area contributed by atoms with Gasteiger partial charge < -0.3 is 15.2 Å². The first-order valence-electron chi connectivity index (χ1n) is 8.92. The molecule has 0 bridgehead atoms. The Morgan fingerprint density at radius 2 is 2.04 bits per heavy atom. The van der Waals surface area contributed by atoms with E-state index in [-0.39, 0.29) is 22.6 Å². The van der Waals surface area contributed by atoms with Crippen LogP contribution in [-0.2, 0) is 0 Å². The molecule has 152 valence electrons. The number of rotatable bonds is 5. The second-order valence-electron chi connectivity index (χ2n) is 7.22. The van der Waals surface area contributed by atoms with Crippen LogP contribution in [0.3, 0.4) is 0 Å². The molecule has 3 rings (SSSR count). The van der Waals surface area contributed by atoms with Crippen LogP contribution in [0.5, 0.6) is 5.75 Å². The molecule has 2 aromatic rings. The number of halogens is 4. The van der Waals surface area contributed by atoms with Crippen molar-refractivity contribution in [3.8, 4) is 17.0 Å². The van der Waals surface area contributed by atoms with Crippen molar-refractivity contribution in [2.45, 2.75) is 50.4 Å². The highest BCUT2D eigenvalue weighted by Gasteiger charge is 2.30. The first-order chi connectivity index (χ1) is 13.1. The number of aromatic nitrogens is 2. The molecule has 2 aromatic heterocycles. The summed E-state index contributed by atoms with van der Waals surface area (Å²) in [4.78, 5) is 8.25. The zero-order chi connectivity index (χ0) is 20.4. The number of pyridine rings is 2. The molecule has 0 spiro atoms. The summed E-state index contributed by atoms with van der Waals surface area (Å²) in [5, 5.41) is 13.7. The molecule has 0 aliphatic heterocycles. The zero-order valence-electron chi connectivity index (χ0n) is 15.3. The summed E-state index contributed by atoms with van der Waals surface area (Å²) >= 11 is 6.04. The fourth-order valence-corrected chi connectivity index (χ4v) is 3.37. The predicted octanol–water partition coefficient (Wildman–Crippen LogP) is 4.84. The van der Waals surface area contributed by atoms with E-state index in [1.165, 1.54) is 24.5 Å². The Hall–Kier alpha value is -2.06. The van der Waals surface area contributed by atoms with Gasteiger partial charge in [0.1, 0.15) is 16.6 Å². The third kappa shape index (κ3) is 5.48. The Morgan fingerprint density at radius 3 is 2.71 bits per heavy atom. The molecule has 5 nitrogen and oxygen atoms in total. The smallest absolute Gasteiger partial charge is 0.422 e. The van der Waals surface area contributed by atoms with Crippen LogP contribution < -0.4 is 10.1 Å². The van der Waals surface area contributed by atoms with Crippen LogP contribution in [-0.4, -0.2) is 39.5 Å². The molecule has 1 fully saturated rings. The van der Waals surface area contributed by atoms with Gasteiger partial charge in [-0.15, -0.1) is 0 Å². The van der Waals surface area contributed by atoms with Crippen molar-refractivity contribution in [1.29, 1.82) is 0 Å². The van der Waals surface area contributed by atoms with Gasteiger partial charge in [-0.2, -0.15) is 13.2 Å². The van der Waals surface area contributed by atoms with Gasteiger partial charge in [0.15, 0.2) is 6.61 Å². The van der Waals surface area contributed by atoms with Gasteiger partial charge in [0.05, 0.1) is 5.60 Å². The molecule has 0 radical (unpaired) electrons. The van der Waals surface area contributed by atoms with Crippen LogP contribution in [0.15, 0.2) is 30.6 Å². The highest BCUT2D eigenvalue weighted by molar-refractivity contribution is 6.29. The third-order valence-corrected chi connectivity index (χ3v) is 4.92. The molecular formula is C19H21ClF3N3O2. The lowest BCUT2D eigenvalue weighted by Crippen LogP contribution is -2.35. The van der Waals surface area contributed by atoms with Crippen LogP contribution >= 0.6 is 11.6 Å². The number of hydrogen-bond acceptors (Lipinski definition) is 5. The topological polar surface area (TPSA) is 67.3 Å². The minimum atomic E-state index is -4.45. The molecule has 9 heteroatoms. The van der Waals surface area contributed by atoms with Crippen LogP contribution in [0.2, 0.25) is 5.15 Å².